The Morgan fingerprint density at radius 1 is 0.963 bits per heavy atom. The zero-order valence-corrected chi connectivity index (χ0v) is 16.8. The van der Waals surface area contributed by atoms with Crippen LogP contribution < -0.4 is 5.73 Å². The third-order valence-corrected chi connectivity index (χ3v) is 4.42. The molecule has 1 rings (SSSR count). The average Bonchev–Trinajstić information content (AvgIpc) is 2.59. The van der Waals surface area contributed by atoms with Gasteiger partial charge in [0, 0.05) is 0 Å². The molecular weight excluding hydrogens is 338 g/mol. The van der Waals surface area contributed by atoms with Gasteiger partial charge in [0.15, 0.2) is 0 Å². The number of amides is 1. The summed E-state index contributed by atoms with van der Waals surface area (Å²) in [4.78, 5) is 23.0. The fourth-order valence-electron chi connectivity index (χ4n) is 2.85. The van der Waals surface area contributed by atoms with Crippen molar-refractivity contribution in [3.63, 3.8) is 0 Å². The van der Waals surface area contributed by atoms with E-state index in [2.05, 4.69) is 32.9 Å². The SMILES string of the molecule is CC(C)=CCCC(C)=CCCC(C)=CCc1cccc(C(N)=O)c1C(=O)O. The summed E-state index contributed by atoms with van der Waals surface area (Å²) in [5, 5.41) is 9.43. The summed E-state index contributed by atoms with van der Waals surface area (Å²) in [6.07, 6.45) is 11.1. The number of primary amides is 1. The maximum Gasteiger partial charge on any atom is 0.336 e. The Hall–Kier alpha value is -2.62. The minimum absolute atomic E-state index is 0.00376. The van der Waals surface area contributed by atoms with Crippen LogP contribution in [0.5, 0.6) is 0 Å². The molecule has 4 heteroatoms. The third kappa shape index (κ3) is 8.07. The molecular formula is C23H31NO3. The topological polar surface area (TPSA) is 80.4 Å². The quantitative estimate of drug-likeness (QED) is 0.538. The molecule has 0 unspecified atom stereocenters. The highest BCUT2D eigenvalue weighted by atomic mass is 16.4. The first-order chi connectivity index (χ1) is 12.7. The highest BCUT2D eigenvalue weighted by molar-refractivity contribution is 6.05. The largest absolute Gasteiger partial charge is 0.478 e. The number of allylic oxidation sites excluding steroid dienone is 6. The molecule has 4 nitrogen and oxygen atoms in total. The lowest BCUT2D eigenvalue weighted by atomic mass is 9.97. The summed E-state index contributed by atoms with van der Waals surface area (Å²) in [6, 6.07) is 4.85. The van der Waals surface area contributed by atoms with Gasteiger partial charge in [-0.2, -0.15) is 0 Å². The number of carboxylic acids is 1. The first-order valence-corrected chi connectivity index (χ1v) is 9.32. The predicted molar refractivity (Wildman–Crippen MR) is 111 cm³/mol. The van der Waals surface area contributed by atoms with Crippen LogP contribution in [0.1, 0.15) is 79.7 Å². The number of hydrogen-bond acceptors (Lipinski definition) is 2. The molecule has 0 aromatic heterocycles. The number of carboxylic acid groups (broad SMARTS) is 1. The van der Waals surface area contributed by atoms with Gasteiger partial charge in [-0.05, 0) is 71.4 Å². The van der Waals surface area contributed by atoms with Crippen molar-refractivity contribution in [1.82, 2.24) is 0 Å². The van der Waals surface area contributed by atoms with E-state index in [1.807, 2.05) is 13.0 Å². The van der Waals surface area contributed by atoms with E-state index in [0.29, 0.717) is 12.0 Å². The molecule has 0 saturated carbocycles. The number of hydrogen-bond donors (Lipinski definition) is 2. The van der Waals surface area contributed by atoms with Crippen LogP contribution in [0.2, 0.25) is 0 Å². The van der Waals surface area contributed by atoms with E-state index in [9.17, 15) is 14.7 Å². The molecule has 0 aliphatic heterocycles. The zero-order chi connectivity index (χ0) is 20.4. The highest BCUT2D eigenvalue weighted by Gasteiger charge is 2.17. The lowest BCUT2D eigenvalue weighted by Gasteiger charge is -2.08. The van der Waals surface area contributed by atoms with Crippen molar-refractivity contribution in [3.05, 3.63) is 69.8 Å². The highest BCUT2D eigenvalue weighted by Crippen LogP contribution is 2.18. The first kappa shape index (κ1) is 22.4. The van der Waals surface area contributed by atoms with E-state index in [-0.39, 0.29) is 11.1 Å². The van der Waals surface area contributed by atoms with Gasteiger partial charge in [0.05, 0.1) is 11.1 Å². The minimum Gasteiger partial charge on any atom is -0.478 e. The number of rotatable bonds is 10. The van der Waals surface area contributed by atoms with Gasteiger partial charge in [0.1, 0.15) is 0 Å². The van der Waals surface area contributed by atoms with E-state index in [1.54, 1.807) is 12.1 Å². The molecule has 1 aromatic rings. The molecule has 0 radical (unpaired) electrons. The molecule has 0 aliphatic carbocycles. The zero-order valence-electron chi connectivity index (χ0n) is 16.8. The number of benzene rings is 1. The summed E-state index contributed by atoms with van der Waals surface area (Å²) in [7, 11) is 0. The van der Waals surface area contributed by atoms with E-state index in [0.717, 1.165) is 25.7 Å². The Morgan fingerprint density at radius 3 is 2.11 bits per heavy atom. The molecule has 0 bridgehead atoms. The lowest BCUT2D eigenvalue weighted by molar-refractivity contribution is 0.0691. The van der Waals surface area contributed by atoms with Crippen molar-refractivity contribution in [3.8, 4) is 0 Å². The molecule has 0 aliphatic rings. The number of aromatic carboxylic acids is 1. The molecule has 0 saturated heterocycles. The van der Waals surface area contributed by atoms with Gasteiger partial charge >= 0.3 is 5.97 Å². The molecule has 0 spiro atoms. The molecule has 0 atom stereocenters. The van der Waals surface area contributed by atoms with Crippen LogP contribution in [0.25, 0.3) is 0 Å². The maximum absolute atomic E-state index is 11.5. The van der Waals surface area contributed by atoms with E-state index in [1.165, 1.54) is 22.8 Å². The molecule has 0 heterocycles. The number of nitrogens with two attached hydrogens (primary N) is 1. The summed E-state index contributed by atoms with van der Waals surface area (Å²) < 4.78 is 0. The lowest BCUT2D eigenvalue weighted by Crippen LogP contribution is -2.17. The van der Waals surface area contributed by atoms with Crippen LogP contribution in [-0.4, -0.2) is 17.0 Å². The van der Waals surface area contributed by atoms with Crippen molar-refractivity contribution in [2.75, 3.05) is 0 Å². The Labute approximate surface area is 162 Å². The summed E-state index contributed by atoms with van der Waals surface area (Å²) in [6.45, 7) is 8.43. The number of carbonyl (C=O) groups excluding carboxylic acids is 1. The predicted octanol–water partition coefficient (Wildman–Crippen LogP) is 5.45. The summed E-state index contributed by atoms with van der Waals surface area (Å²) in [5.41, 5.74) is 9.90. The molecule has 0 fully saturated rings. The summed E-state index contributed by atoms with van der Waals surface area (Å²) >= 11 is 0. The minimum atomic E-state index is -1.12. The first-order valence-electron chi connectivity index (χ1n) is 9.32. The van der Waals surface area contributed by atoms with Gasteiger partial charge in [0.25, 0.3) is 0 Å². The van der Waals surface area contributed by atoms with Crippen LogP contribution in [0, 0.1) is 0 Å². The van der Waals surface area contributed by atoms with Gasteiger partial charge in [-0.25, -0.2) is 4.79 Å². The van der Waals surface area contributed by atoms with Crippen molar-refractivity contribution >= 4 is 11.9 Å². The normalized spacial score (nSPS) is 12.0. The summed E-state index contributed by atoms with van der Waals surface area (Å²) in [5.74, 6) is -1.84. The monoisotopic (exact) mass is 369 g/mol. The second-order valence-corrected chi connectivity index (χ2v) is 7.17. The Morgan fingerprint density at radius 2 is 1.56 bits per heavy atom. The second-order valence-electron chi connectivity index (χ2n) is 7.17. The van der Waals surface area contributed by atoms with E-state index in [4.69, 9.17) is 5.73 Å². The molecule has 1 aromatic carbocycles. The Kier molecular flexibility index (Phi) is 9.27. The van der Waals surface area contributed by atoms with Crippen molar-refractivity contribution in [1.29, 1.82) is 0 Å². The fourth-order valence-corrected chi connectivity index (χ4v) is 2.85. The van der Waals surface area contributed by atoms with Gasteiger partial charge in [-0.3, -0.25) is 4.79 Å². The van der Waals surface area contributed by atoms with Crippen molar-refractivity contribution in [2.24, 2.45) is 5.73 Å². The van der Waals surface area contributed by atoms with Gasteiger partial charge < -0.3 is 10.8 Å². The second kappa shape index (κ2) is 11.2. The van der Waals surface area contributed by atoms with Gasteiger partial charge in [-0.15, -0.1) is 0 Å². The molecule has 3 N–H and O–H groups in total. The smallest absolute Gasteiger partial charge is 0.336 e. The molecule has 1 amide bonds. The average molecular weight is 370 g/mol. The Bertz CT molecular complexity index is 766. The van der Waals surface area contributed by atoms with Crippen LogP contribution in [0.15, 0.2) is 53.1 Å². The molecule has 146 valence electrons. The maximum atomic E-state index is 11.5. The standard InChI is InChI=1S/C23H31NO3/c1-16(2)8-5-9-17(3)10-6-11-18(4)14-15-19-12-7-13-20(22(24)25)21(19)23(26)27/h7-8,10,12-14H,5-6,9,11,15H2,1-4H3,(H2,24,25)(H,26,27). The van der Waals surface area contributed by atoms with Crippen molar-refractivity contribution in [2.45, 2.75) is 59.8 Å². The van der Waals surface area contributed by atoms with Crippen LogP contribution >= 0.6 is 0 Å². The fraction of sp³-hybridized carbons (Fsp3) is 0.391. The van der Waals surface area contributed by atoms with E-state index < -0.39 is 11.9 Å². The van der Waals surface area contributed by atoms with Crippen molar-refractivity contribution < 1.29 is 14.7 Å². The third-order valence-electron chi connectivity index (χ3n) is 4.42. The van der Waals surface area contributed by atoms with Gasteiger partial charge in [0.2, 0.25) is 5.91 Å². The van der Waals surface area contributed by atoms with E-state index >= 15 is 0 Å². The number of carbonyl (C=O) groups is 2. The molecule has 27 heavy (non-hydrogen) atoms. The van der Waals surface area contributed by atoms with Crippen LogP contribution in [0.4, 0.5) is 0 Å². The van der Waals surface area contributed by atoms with Crippen LogP contribution in [-0.2, 0) is 6.42 Å². The van der Waals surface area contributed by atoms with Gasteiger partial charge in [-0.1, -0.05) is 47.1 Å². The van der Waals surface area contributed by atoms with Crippen LogP contribution in [0.3, 0.4) is 0 Å². The Balaban J connectivity index is 2.70.